The highest BCUT2D eigenvalue weighted by Crippen LogP contribution is 2.29. The van der Waals surface area contributed by atoms with Gasteiger partial charge in [0.1, 0.15) is 18.0 Å². The lowest BCUT2D eigenvalue weighted by molar-refractivity contribution is 0.284. The smallest absolute Gasteiger partial charge is 0.161 e. The molecule has 4 aromatic rings. The molecule has 0 radical (unpaired) electrons. The van der Waals surface area contributed by atoms with Crippen molar-refractivity contribution in [3.63, 3.8) is 0 Å². The monoisotopic (exact) mass is 387 g/mol. The molecule has 4 rings (SSSR count). The standard InChI is InChI=1S/C25H25NO3/c1-18(24-15-21-10-6-7-11-22(21)29-24)26-16-20-12-13-23(27-2)25(14-20)28-17-19-8-4-3-5-9-19/h3-15,18,26H,16-17H2,1-2H3. The fourth-order valence-electron chi connectivity index (χ4n) is 3.27. The van der Waals surface area contributed by atoms with Gasteiger partial charge in [0.05, 0.1) is 13.2 Å². The minimum absolute atomic E-state index is 0.0955. The third-order valence-electron chi connectivity index (χ3n) is 4.95. The zero-order valence-electron chi connectivity index (χ0n) is 16.7. The van der Waals surface area contributed by atoms with Gasteiger partial charge in [-0.05, 0) is 42.3 Å². The van der Waals surface area contributed by atoms with Crippen molar-refractivity contribution in [2.45, 2.75) is 26.1 Å². The van der Waals surface area contributed by atoms with E-state index >= 15 is 0 Å². The molecule has 4 nitrogen and oxygen atoms in total. The molecule has 0 fully saturated rings. The Kier molecular flexibility index (Phi) is 5.82. The second-order valence-electron chi connectivity index (χ2n) is 7.05. The number of nitrogens with one attached hydrogen (secondary N) is 1. The van der Waals surface area contributed by atoms with Gasteiger partial charge in [0, 0.05) is 11.9 Å². The highest BCUT2D eigenvalue weighted by molar-refractivity contribution is 5.77. The van der Waals surface area contributed by atoms with Gasteiger partial charge >= 0.3 is 0 Å². The van der Waals surface area contributed by atoms with Crippen LogP contribution in [-0.4, -0.2) is 7.11 Å². The van der Waals surface area contributed by atoms with Crippen LogP contribution in [-0.2, 0) is 13.2 Å². The Morgan fingerprint density at radius 1 is 0.862 bits per heavy atom. The van der Waals surface area contributed by atoms with E-state index < -0.39 is 0 Å². The molecule has 0 aliphatic heterocycles. The SMILES string of the molecule is COc1ccc(CNC(C)c2cc3ccccc3o2)cc1OCc1ccccc1. The molecule has 148 valence electrons. The first-order chi connectivity index (χ1) is 14.2. The number of hydrogen-bond acceptors (Lipinski definition) is 4. The fourth-order valence-corrected chi connectivity index (χ4v) is 3.27. The van der Waals surface area contributed by atoms with Crippen LogP contribution in [0.1, 0.15) is 29.9 Å². The summed E-state index contributed by atoms with van der Waals surface area (Å²) in [5.74, 6) is 2.40. The quantitative estimate of drug-likeness (QED) is 0.410. The van der Waals surface area contributed by atoms with Crippen molar-refractivity contribution < 1.29 is 13.9 Å². The van der Waals surface area contributed by atoms with E-state index in [0.29, 0.717) is 13.2 Å². The molecule has 1 unspecified atom stereocenters. The van der Waals surface area contributed by atoms with E-state index in [4.69, 9.17) is 13.9 Å². The van der Waals surface area contributed by atoms with Crippen LogP contribution in [0.5, 0.6) is 11.5 Å². The molecule has 0 amide bonds. The van der Waals surface area contributed by atoms with Crippen molar-refractivity contribution >= 4 is 11.0 Å². The normalized spacial score (nSPS) is 12.1. The van der Waals surface area contributed by atoms with Gasteiger partial charge < -0.3 is 19.2 Å². The zero-order chi connectivity index (χ0) is 20.1. The van der Waals surface area contributed by atoms with Crippen molar-refractivity contribution in [1.29, 1.82) is 0 Å². The molecule has 0 saturated heterocycles. The third-order valence-corrected chi connectivity index (χ3v) is 4.95. The van der Waals surface area contributed by atoms with E-state index in [1.54, 1.807) is 7.11 Å². The summed E-state index contributed by atoms with van der Waals surface area (Å²) in [6.45, 7) is 3.31. The van der Waals surface area contributed by atoms with Gasteiger partial charge in [-0.25, -0.2) is 0 Å². The van der Waals surface area contributed by atoms with Gasteiger partial charge in [0.15, 0.2) is 11.5 Å². The first-order valence-electron chi connectivity index (χ1n) is 9.78. The maximum Gasteiger partial charge on any atom is 0.161 e. The molecule has 29 heavy (non-hydrogen) atoms. The predicted molar refractivity (Wildman–Crippen MR) is 115 cm³/mol. The lowest BCUT2D eigenvalue weighted by Gasteiger charge is -2.15. The Balaban J connectivity index is 1.42. The topological polar surface area (TPSA) is 43.6 Å². The lowest BCUT2D eigenvalue weighted by atomic mass is 10.1. The van der Waals surface area contributed by atoms with Crippen LogP contribution in [0.3, 0.4) is 0 Å². The van der Waals surface area contributed by atoms with Crippen LogP contribution in [0.25, 0.3) is 11.0 Å². The number of benzene rings is 3. The van der Waals surface area contributed by atoms with Gasteiger partial charge in [-0.3, -0.25) is 0 Å². The van der Waals surface area contributed by atoms with E-state index in [0.717, 1.165) is 39.4 Å². The zero-order valence-corrected chi connectivity index (χ0v) is 16.7. The van der Waals surface area contributed by atoms with Crippen LogP contribution < -0.4 is 14.8 Å². The second-order valence-corrected chi connectivity index (χ2v) is 7.05. The van der Waals surface area contributed by atoms with Gasteiger partial charge in [0.25, 0.3) is 0 Å². The van der Waals surface area contributed by atoms with Crippen molar-refractivity contribution in [3.8, 4) is 11.5 Å². The molecule has 4 heteroatoms. The molecular formula is C25H25NO3. The lowest BCUT2D eigenvalue weighted by Crippen LogP contribution is -2.17. The molecule has 1 N–H and O–H groups in total. The van der Waals surface area contributed by atoms with Gasteiger partial charge in [-0.1, -0.05) is 54.6 Å². The average molecular weight is 387 g/mol. The minimum Gasteiger partial charge on any atom is -0.493 e. The van der Waals surface area contributed by atoms with Crippen molar-refractivity contribution in [2.24, 2.45) is 0 Å². The molecular weight excluding hydrogens is 362 g/mol. The van der Waals surface area contributed by atoms with Crippen LogP contribution in [0.15, 0.2) is 83.3 Å². The van der Waals surface area contributed by atoms with Crippen molar-refractivity contribution in [1.82, 2.24) is 5.32 Å². The summed E-state index contributed by atoms with van der Waals surface area (Å²) in [5, 5.41) is 4.65. The van der Waals surface area contributed by atoms with E-state index in [-0.39, 0.29) is 6.04 Å². The number of ether oxygens (including phenoxy) is 2. The summed E-state index contributed by atoms with van der Waals surface area (Å²) < 4.78 is 17.4. The van der Waals surface area contributed by atoms with E-state index in [2.05, 4.69) is 24.4 Å². The summed E-state index contributed by atoms with van der Waals surface area (Å²) in [7, 11) is 1.66. The van der Waals surface area contributed by atoms with E-state index in [9.17, 15) is 0 Å². The van der Waals surface area contributed by atoms with Crippen LogP contribution >= 0.6 is 0 Å². The first-order valence-corrected chi connectivity index (χ1v) is 9.78. The number of fused-ring (bicyclic) bond motifs is 1. The molecule has 1 heterocycles. The van der Waals surface area contributed by atoms with Crippen LogP contribution in [0.2, 0.25) is 0 Å². The molecule has 0 aliphatic carbocycles. The maximum atomic E-state index is 6.01. The highest BCUT2D eigenvalue weighted by atomic mass is 16.5. The second kappa shape index (κ2) is 8.84. The average Bonchev–Trinajstić information content (AvgIpc) is 3.21. The molecule has 0 aliphatic rings. The Morgan fingerprint density at radius 2 is 1.66 bits per heavy atom. The summed E-state index contributed by atoms with van der Waals surface area (Å²) in [5.41, 5.74) is 3.16. The van der Waals surface area contributed by atoms with Gasteiger partial charge in [-0.15, -0.1) is 0 Å². The fraction of sp³-hybridized carbons (Fsp3) is 0.200. The van der Waals surface area contributed by atoms with Gasteiger partial charge in [0.2, 0.25) is 0 Å². The predicted octanol–water partition coefficient (Wildman–Crippen LogP) is 5.87. The van der Waals surface area contributed by atoms with Crippen LogP contribution in [0, 0.1) is 0 Å². The van der Waals surface area contributed by atoms with Crippen molar-refractivity contribution in [2.75, 3.05) is 7.11 Å². The largest absolute Gasteiger partial charge is 0.493 e. The number of rotatable bonds is 8. The Morgan fingerprint density at radius 3 is 2.45 bits per heavy atom. The number of hydrogen-bond donors (Lipinski definition) is 1. The molecule has 0 saturated carbocycles. The molecule has 0 bridgehead atoms. The maximum absolute atomic E-state index is 6.01. The van der Waals surface area contributed by atoms with E-state index in [1.807, 2.05) is 66.7 Å². The molecule has 0 spiro atoms. The Bertz CT molecular complexity index is 1040. The Hall–Kier alpha value is -3.24. The van der Waals surface area contributed by atoms with Crippen molar-refractivity contribution in [3.05, 3.63) is 95.7 Å². The number of para-hydroxylation sites is 1. The van der Waals surface area contributed by atoms with E-state index in [1.165, 1.54) is 0 Å². The number of furan rings is 1. The highest BCUT2D eigenvalue weighted by Gasteiger charge is 2.12. The summed E-state index contributed by atoms with van der Waals surface area (Å²) in [6, 6.07) is 26.4. The number of methoxy groups -OCH3 is 1. The minimum atomic E-state index is 0.0955. The van der Waals surface area contributed by atoms with Crippen LogP contribution in [0.4, 0.5) is 0 Å². The third kappa shape index (κ3) is 4.61. The molecule has 1 atom stereocenters. The summed E-state index contributed by atoms with van der Waals surface area (Å²) >= 11 is 0. The summed E-state index contributed by atoms with van der Waals surface area (Å²) in [6.07, 6.45) is 0. The Labute approximate surface area is 171 Å². The van der Waals surface area contributed by atoms with Gasteiger partial charge in [-0.2, -0.15) is 0 Å². The first kappa shape index (κ1) is 19.1. The molecule has 1 aromatic heterocycles. The summed E-state index contributed by atoms with van der Waals surface area (Å²) in [4.78, 5) is 0. The molecule has 3 aromatic carbocycles.